The van der Waals surface area contributed by atoms with Gasteiger partial charge >= 0.3 is 0 Å². The average molecular weight is 431 g/mol. The highest BCUT2D eigenvalue weighted by atomic mass is 32.2. The van der Waals surface area contributed by atoms with E-state index in [1.807, 2.05) is 23.1 Å². The van der Waals surface area contributed by atoms with Crippen molar-refractivity contribution in [1.82, 2.24) is 4.31 Å². The fourth-order valence-corrected chi connectivity index (χ4v) is 6.40. The van der Waals surface area contributed by atoms with Crippen molar-refractivity contribution in [3.05, 3.63) is 54.1 Å². The molecule has 5 nitrogen and oxygen atoms in total. The van der Waals surface area contributed by atoms with Crippen LogP contribution in [0.3, 0.4) is 0 Å². The summed E-state index contributed by atoms with van der Waals surface area (Å²) in [6, 6.07) is 14.8. The van der Waals surface area contributed by atoms with Crippen LogP contribution >= 0.6 is 11.8 Å². The second-order valence-corrected chi connectivity index (χ2v) is 10.6. The summed E-state index contributed by atoms with van der Waals surface area (Å²) in [5.74, 6) is 1.05. The summed E-state index contributed by atoms with van der Waals surface area (Å²) in [5.41, 5.74) is 1.81. The molecule has 0 spiro atoms. The number of benzene rings is 2. The maximum atomic E-state index is 13.0. The molecule has 0 radical (unpaired) electrons. The Morgan fingerprint density at radius 2 is 1.62 bits per heavy atom. The minimum Gasteiger partial charge on any atom is -0.311 e. The molecule has 1 saturated heterocycles. The lowest BCUT2D eigenvalue weighted by molar-refractivity contribution is -0.118. The number of hydrogen-bond acceptors (Lipinski definition) is 4. The van der Waals surface area contributed by atoms with Crippen molar-refractivity contribution in [2.45, 2.75) is 41.9 Å². The van der Waals surface area contributed by atoms with E-state index in [-0.39, 0.29) is 12.3 Å². The van der Waals surface area contributed by atoms with Gasteiger partial charge in [0.05, 0.1) is 17.0 Å². The van der Waals surface area contributed by atoms with Crippen LogP contribution in [0.4, 0.5) is 5.69 Å². The molecule has 0 bridgehead atoms. The number of amides is 1. The topological polar surface area (TPSA) is 57.7 Å². The average Bonchev–Trinajstić information content (AvgIpc) is 2.97. The SMILES string of the molecule is O=C(Cc1ccc(S(=O)(=O)N2CCCCC2)cc1)N1CCCSc2ccccc21. The maximum absolute atomic E-state index is 13.0. The van der Waals surface area contributed by atoms with Crippen molar-refractivity contribution < 1.29 is 13.2 Å². The molecule has 0 unspecified atom stereocenters. The van der Waals surface area contributed by atoms with Gasteiger partial charge < -0.3 is 4.90 Å². The number of piperidine rings is 1. The van der Waals surface area contributed by atoms with E-state index in [2.05, 4.69) is 6.07 Å². The molecule has 0 aliphatic carbocycles. The lowest BCUT2D eigenvalue weighted by atomic mass is 10.1. The number of fused-ring (bicyclic) bond motifs is 1. The Labute approximate surface area is 177 Å². The second kappa shape index (κ2) is 8.90. The van der Waals surface area contributed by atoms with Gasteiger partial charge in [-0.05, 0) is 54.8 Å². The van der Waals surface area contributed by atoms with Crippen LogP contribution in [0, 0.1) is 0 Å². The molecule has 2 aromatic carbocycles. The first-order chi connectivity index (χ1) is 14.1. The van der Waals surface area contributed by atoms with Gasteiger partial charge in [0, 0.05) is 24.5 Å². The van der Waals surface area contributed by atoms with Crippen LogP contribution < -0.4 is 4.90 Å². The van der Waals surface area contributed by atoms with E-state index in [1.165, 1.54) is 0 Å². The predicted octanol–water partition coefficient (Wildman–Crippen LogP) is 3.93. The van der Waals surface area contributed by atoms with Crippen LogP contribution in [0.15, 0.2) is 58.3 Å². The molecule has 29 heavy (non-hydrogen) atoms. The molecule has 1 fully saturated rings. The monoisotopic (exact) mass is 430 g/mol. The normalized spacial score (nSPS) is 18.1. The van der Waals surface area contributed by atoms with Crippen LogP contribution in [0.1, 0.15) is 31.2 Å². The van der Waals surface area contributed by atoms with Crippen molar-refractivity contribution in [2.24, 2.45) is 0 Å². The van der Waals surface area contributed by atoms with E-state index in [1.54, 1.807) is 40.3 Å². The summed E-state index contributed by atoms with van der Waals surface area (Å²) in [5, 5.41) is 0. The maximum Gasteiger partial charge on any atom is 0.243 e. The van der Waals surface area contributed by atoms with Crippen molar-refractivity contribution in [3.8, 4) is 0 Å². The van der Waals surface area contributed by atoms with Gasteiger partial charge in [-0.25, -0.2) is 8.42 Å². The van der Waals surface area contributed by atoms with Crippen molar-refractivity contribution in [1.29, 1.82) is 0 Å². The Balaban J connectivity index is 1.48. The van der Waals surface area contributed by atoms with Gasteiger partial charge in [0.15, 0.2) is 0 Å². The quantitative estimate of drug-likeness (QED) is 0.737. The summed E-state index contributed by atoms with van der Waals surface area (Å²) in [7, 11) is -3.44. The summed E-state index contributed by atoms with van der Waals surface area (Å²) in [6.07, 6.45) is 4.15. The lowest BCUT2D eigenvalue weighted by Gasteiger charge is -2.26. The van der Waals surface area contributed by atoms with Gasteiger partial charge in [0.25, 0.3) is 0 Å². The van der Waals surface area contributed by atoms with Crippen LogP contribution in [0.2, 0.25) is 0 Å². The molecule has 2 heterocycles. The minimum absolute atomic E-state index is 0.0478. The summed E-state index contributed by atoms with van der Waals surface area (Å²) in [6.45, 7) is 1.90. The van der Waals surface area contributed by atoms with Crippen molar-refractivity contribution in [2.75, 3.05) is 30.3 Å². The van der Waals surface area contributed by atoms with E-state index < -0.39 is 10.0 Å². The zero-order valence-electron chi connectivity index (χ0n) is 16.4. The fraction of sp³-hybridized carbons (Fsp3) is 0.409. The molecular formula is C22H26N2O3S2. The Morgan fingerprint density at radius 1 is 0.897 bits per heavy atom. The number of carbonyl (C=O) groups is 1. The third kappa shape index (κ3) is 4.52. The highest BCUT2D eigenvalue weighted by Gasteiger charge is 2.26. The van der Waals surface area contributed by atoms with E-state index in [0.29, 0.717) is 24.5 Å². The van der Waals surface area contributed by atoms with E-state index in [9.17, 15) is 13.2 Å². The molecule has 2 aromatic rings. The molecule has 2 aliphatic rings. The Kier molecular flexibility index (Phi) is 6.27. The van der Waals surface area contributed by atoms with Gasteiger partial charge in [-0.3, -0.25) is 4.79 Å². The first-order valence-electron chi connectivity index (χ1n) is 10.2. The van der Waals surface area contributed by atoms with Crippen LogP contribution in [-0.4, -0.2) is 44.0 Å². The molecule has 0 N–H and O–H groups in total. The number of thioether (sulfide) groups is 1. The summed E-state index contributed by atoms with van der Waals surface area (Å²) in [4.78, 5) is 16.3. The molecule has 0 saturated carbocycles. The van der Waals surface area contributed by atoms with Gasteiger partial charge in [0.1, 0.15) is 0 Å². The standard InChI is InChI=1S/C22H26N2O3S2/c25-22(24-15-6-16-28-21-8-3-2-7-20(21)24)17-18-9-11-19(12-10-18)29(26,27)23-13-4-1-5-14-23/h2-3,7-12H,1,4-6,13-17H2. The minimum atomic E-state index is -3.44. The third-order valence-electron chi connectivity index (χ3n) is 5.47. The molecular weight excluding hydrogens is 404 g/mol. The van der Waals surface area contributed by atoms with E-state index >= 15 is 0 Å². The Bertz CT molecular complexity index is 968. The van der Waals surface area contributed by atoms with E-state index in [4.69, 9.17) is 0 Å². The van der Waals surface area contributed by atoms with Gasteiger partial charge in [-0.1, -0.05) is 30.7 Å². The van der Waals surface area contributed by atoms with Crippen molar-refractivity contribution in [3.63, 3.8) is 0 Å². The molecule has 2 aliphatic heterocycles. The van der Waals surface area contributed by atoms with Crippen molar-refractivity contribution >= 4 is 33.4 Å². The zero-order chi connectivity index (χ0) is 20.3. The van der Waals surface area contributed by atoms with Gasteiger partial charge in [0.2, 0.25) is 15.9 Å². The van der Waals surface area contributed by atoms with Gasteiger partial charge in [-0.15, -0.1) is 11.8 Å². The van der Waals surface area contributed by atoms with Gasteiger partial charge in [-0.2, -0.15) is 4.31 Å². The number of para-hydroxylation sites is 1. The lowest BCUT2D eigenvalue weighted by Crippen LogP contribution is -2.35. The molecule has 4 rings (SSSR count). The zero-order valence-corrected chi connectivity index (χ0v) is 18.1. The van der Waals surface area contributed by atoms with Crippen LogP contribution in [0.5, 0.6) is 0 Å². The number of nitrogens with zero attached hydrogens (tertiary/aromatic N) is 2. The summed E-state index contributed by atoms with van der Waals surface area (Å²) >= 11 is 1.79. The largest absolute Gasteiger partial charge is 0.311 e. The second-order valence-electron chi connectivity index (χ2n) is 7.50. The molecule has 0 atom stereocenters. The molecule has 154 valence electrons. The Morgan fingerprint density at radius 3 is 2.38 bits per heavy atom. The number of anilines is 1. The first-order valence-corrected chi connectivity index (χ1v) is 12.6. The number of hydrogen-bond donors (Lipinski definition) is 0. The van der Waals surface area contributed by atoms with Crippen LogP contribution in [-0.2, 0) is 21.2 Å². The highest BCUT2D eigenvalue weighted by Crippen LogP contribution is 2.34. The molecule has 0 aromatic heterocycles. The molecule has 1 amide bonds. The molecule has 7 heteroatoms. The predicted molar refractivity (Wildman–Crippen MR) is 117 cm³/mol. The third-order valence-corrected chi connectivity index (χ3v) is 8.53. The van der Waals surface area contributed by atoms with Crippen LogP contribution in [0.25, 0.3) is 0 Å². The van der Waals surface area contributed by atoms with E-state index in [0.717, 1.165) is 47.6 Å². The highest BCUT2D eigenvalue weighted by molar-refractivity contribution is 7.99. The number of carbonyl (C=O) groups excluding carboxylic acids is 1. The summed E-state index contributed by atoms with van der Waals surface area (Å²) < 4.78 is 27.2. The smallest absolute Gasteiger partial charge is 0.243 e. The first kappa shape index (κ1) is 20.4. The number of rotatable bonds is 4. The Hall–Kier alpha value is -1.83. The number of sulfonamides is 1. The fourth-order valence-electron chi connectivity index (χ4n) is 3.89.